The second-order valence-electron chi connectivity index (χ2n) is 9.41. The van der Waals surface area contributed by atoms with E-state index in [1.165, 1.54) is 17.4 Å². The summed E-state index contributed by atoms with van der Waals surface area (Å²) >= 11 is 1.35. The van der Waals surface area contributed by atoms with Gasteiger partial charge in [0.2, 0.25) is 0 Å². The molecule has 0 radical (unpaired) electrons. The van der Waals surface area contributed by atoms with Crippen LogP contribution in [-0.2, 0) is 4.79 Å². The van der Waals surface area contributed by atoms with Gasteiger partial charge < -0.3 is 19.5 Å². The average Bonchev–Trinajstić information content (AvgIpc) is 3.52. The van der Waals surface area contributed by atoms with Crippen LogP contribution < -0.4 is 14.4 Å². The lowest BCUT2D eigenvalue weighted by atomic mass is 10.1. The van der Waals surface area contributed by atoms with E-state index in [-0.39, 0.29) is 0 Å². The third-order valence-electron chi connectivity index (χ3n) is 6.64. The molecular weight excluding hydrogens is 575 g/mol. The largest absolute Gasteiger partial charge is 0.497 e. The van der Waals surface area contributed by atoms with E-state index in [1.807, 2.05) is 78.9 Å². The van der Waals surface area contributed by atoms with E-state index < -0.39 is 17.4 Å². The zero-order chi connectivity index (χ0) is 31.1. The standard InChI is InChI=1S/C36H25FN2O4S/c1-42-30-13-9-28(10-14-30)39(29-11-15-31(43-2)16-12-29)27-7-3-24(4-8-27)5-17-32-18-20-35(44-32)33-19-6-25(22-34(33)37)21-26(23-38)36(40)41/h3-4,6-16,18-22H,1-2H3,(H,40,41). The predicted octanol–water partition coefficient (Wildman–Crippen LogP) is 8.43. The van der Waals surface area contributed by atoms with Gasteiger partial charge >= 0.3 is 5.97 Å². The molecule has 0 saturated heterocycles. The quantitative estimate of drug-likeness (QED) is 0.109. The Morgan fingerprint density at radius 1 is 0.818 bits per heavy atom. The van der Waals surface area contributed by atoms with Gasteiger partial charge in [0.1, 0.15) is 29.0 Å². The van der Waals surface area contributed by atoms with Crippen LogP contribution in [0.3, 0.4) is 0 Å². The molecule has 0 aliphatic rings. The maximum absolute atomic E-state index is 14.9. The summed E-state index contributed by atoms with van der Waals surface area (Å²) in [5, 5.41) is 18.0. The number of carbonyl (C=O) groups is 1. The lowest BCUT2D eigenvalue weighted by molar-refractivity contribution is -0.132. The van der Waals surface area contributed by atoms with Crippen LogP contribution in [0, 0.1) is 29.0 Å². The Morgan fingerprint density at radius 2 is 1.39 bits per heavy atom. The fourth-order valence-corrected chi connectivity index (χ4v) is 5.30. The summed E-state index contributed by atoms with van der Waals surface area (Å²) in [6.07, 6.45) is 1.14. The number of methoxy groups -OCH3 is 2. The van der Waals surface area contributed by atoms with Gasteiger partial charge in [-0.1, -0.05) is 24.0 Å². The summed E-state index contributed by atoms with van der Waals surface area (Å²) in [4.78, 5) is 14.7. The van der Waals surface area contributed by atoms with Crippen molar-refractivity contribution in [3.63, 3.8) is 0 Å². The number of nitrogens with zero attached hydrogens (tertiary/aromatic N) is 2. The van der Waals surface area contributed by atoms with E-state index in [1.54, 1.807) is 38.5 Å². The average molecular weight is 601 g/mol. The van der Waals surface area contributed by atoms with Gasteiger partial charge in [0.15, 0.2) is 0 Å². The summed E-state index contributed by atoms with van der Waals surface area (Å²) in [5.74, 6) is 6.01. The molecule has 1 N–H and O–H groups in total. The molecule has 0 unspecified atom stereocenters. The highest BCUT2D eigenvalue weighted by Crippen LogP contribution is 2.36. The number of hydrogen-bond donors (Lipinski definition) is 1. The van der Waals surface area contributed by atoms with E-state index in [9.17, 15) is 9.18 Å². The molecule has 1 heterocycles. The monoisotopic (exact) mass is 600 g/mol. The Morgan fingerprint density at radius 3 is 1.89 bits per heavy atom. The minimum absolute atomic E-state index is 0.294. The lowest BCUT2D eigenvalue weighted by Gasteiger charge is -2.25. The number of benzene rings is 4. The van der Waals surface area contributed by atoms with Crippen LogP contribution in [0.5, 0.6) is 11.5 Å². The van der Waals surface area contributed by atoms with E-state index in [2.05, 4.69) is 16.7 Å². The Kier molecular flexibility index (Phi) is 9.05. The number of thiophene rings is 1. The van der Waals surface area contributed by atoms with Crippen LogP contribution in [0.1, 0.15) is 16.0 Å². The number of carboxylic acids is 1. The van der Waals surface area contributed by atoms with Gasteiger partial charge in [0, 0.05) is 33.1 Å². The van der Waals surface area contributed by atoms with Crippen LogP contribution in [0.15, 0.2) is 109 Å². The number of rotatable bonds is 8. The Labute approximate surface area is 258 Å². The third-order valence-corrected chi connectivity index (χ3v) is 7.68. The molecule has 1 aromatic heterocycles. The Hall–Kier alpha value is -5.83. The normalized spacial score (nSPS) is 10.7. The second-order valence-corrected chi connectivity index (χ2v) is 10.5. The molecule has 0 aliphatic carbocycles. The van der Waals surface area contributed by atoms with Crippen molar-refractivity contribution in [2.24, 2.45) is 0 Å². The van der Waals surface area contributed by atoms with Crippen LogP contribution in [0.4, 0.5) is 21.5 Å². The van der Waals surface area contributed by atoms with E-state index in [4.69, 9.17) is 19.8 Å². The van der Waals surface area contributed by atoms with Crippen LogP contribution in [0.25, 0.3) is 16.5 Å². The van der Waals surface area contributed by atoms with Crippen LogP contribution >= 0.6 is 11.3 Å². The minimum atomic E-state index is -1.36. The van der Waals surface area contributed by atoms with Crippen molar-refractivity contribution >= 4 is 40.4 Å². The first-order chi connectivity index (χ1) is 21.4. The number of nitriles is 1. The molecular formula is C36H25FN2O4S. The highest BCUT2D eigenvalue weighted by Gasteiger charge is 2.14. The second kappa shape index (κ2) is 13.4. The molecule has 0 saturated carbocycles. The van der Waals surface area contributed by atoms with Gasteiger partial charge in [-0.05, 0) is 103 Å². The summed E-state index contributed by atoms with van der Waals surface area (Å²) in [6, 6.07) is 33.2. The first-order valence-corrected chi connectivity index (χ1v) is 14.2. The maximum atomic E-state index is 14.9. The Balaban J connectivity index is 1.37. The fraction of sp³-hybridized carbons (Fsp3) is 0.0556. The molecule has 0 amide bonds. The first kappa shape index (κ1) is 29.7. The molecule has 0 fully saturated rings. The molecule has 6 nitrogen and oxygen atoms in total. The SMILES string of the molecule is COc1ccc(N(c2ccc(C#Cc3ccc(-c4ccc(C=C(C#N)C(=O)O)cc4F)s3)cc2)c2ccc(OC)cc2)cc1. The van der Waals surface area contributed by atoms with Gasteiger partial charge in [0.05, 0.1) is 19.1 Å². The summed E-state index contributed by atoms with van der Waals surface area (Å²) in [6.45, 7) is 0. The molecule has 0 bridgehead atoms. The molecule has 0 atom stereocenters. The maximum Gasteiger partial charge on any atom is 0.346 e. The van der Waals surface area contributed by atoms with Gasteiger partial charge in [-0.3, -0.25) is 0 Å². The van der Waals surface area contributed by atoms with Crippen molar-refractivity contribution in [3.8, 4) is 39.8 Å². The van der Waals surface area contributed by atoms with Gasteiger partial charge in [0.25, 0.3) is 0 Å². The van der Waals surface area contributed by atoms with E-state index in [0.29, 0.717) is 16.0 Å². The molecule has 5 rings (SSSR count). The molecule has 216 valence electrons. The van der Waals surface area contributed by atoms with E-state index in [0.717, 1.165) is 45.1 Å². The molecule has 8 heteroatoms. The molecule has 44 heavy (non-hydrogen) atoms. The van der Waals surface area contributed by atoms with Crippen LogP contribution in [-0.4, -0.2) is 25.3 Å². The number of ether oxygens (including phenoxy) is 2. The van der Waals surface area contributed by atoms with Gasteiger partial charge in [-0.2, -0.15) is 5.26 Å². The highest BCUT2D eigenvalue weighted by molar-refractivity contribution is 7.16. The first-order valence-electron chi connectivity index (χ1n) is 13.3. The minimum Gasteiger partial charge on any atom is -0.497 e. The number of hydrogen-bond acceptors (Lipinski definition) is 6. The Bertz CT molecular complexity index is 1880. The van der Waals surface area contributed by atoms with Crippen molar-refractivity contribution in [2.45, 2.75) is 0 Å². The van der Waals surface area contributed by atoms with Crippen molar-refractivity contribution in [3.05, 3.63) is 131 Å². The van der Waals surface area contributed by atoms with Gasteiger partial charge in [-0.25, -0.2) is 9.18 Å². The number of halogens is 1. The van der Waals surface area contributed by atoms with Crippen molar-refractivity contribution in [1.82, 2.24) is 0 Å². The van der Waals surface area contributed by atoms with Crippen molar-refractivity contribution < 1.29 is 23.8 Å². The molecule has 4 aromatic carbocycles. The zero-order valence-corrected chi connectivity index (χ0v) is 24.6. The van der Waals surface area contributed by atoms with Crippen molar-refractivity contribution in [2.75, 3.05) is 19.1 Å². The third kappa shape index (κ3) is 6.79. The number of carboxylic acid groups (broad SMARTS) is 1. The summed E-state index contributed by atoms with van der Waals surface area (Å²) in [5.41, 5.74) is 3.89. The number of anilines is 3. The molecule has 0 aliphatic heterocycles. The summed E-state index contributed by atoms with van der Waals surface area (Å²) in [7, 11) is 3.28. The predicted molar refractivity (Wildman–Crippen MR) is 171 cm³/mol. The summed E-state index contributed by atoms with van der Waals surface area (Å²) < 4.78 is 25.5. The number of aliphatic carboxylic acids is 1. The fourth-order valence-electron chi connectivity index (χ4n) is 4.42. The van der Waals surface area contributed by atoms with Crippen LogP contribution in [0.2, 0.25) is 0 Å². The molecule has 0 spiro atoms. The highest BCUT2D eigenvalue weighted by atomic mass is 32.1. The topological polar surface area (TPSA) is 82.8 Å². The molecule has 5 aromatic rings. The lowest BCUT2D eigenvalue weighted by Crippen LogP contribution is -2.09. The smallest absolute Gasteiger partial charge is 0.346 e. The zero-order valence-electron chi connectivity index (χ0n) is 23.7. The van der Waals surface area contributed by atoms with Gasteiger partial charge in [-0.15, -0.1) is 11.3 Å². The van der Waals surface area contributed by atoms with E-state index >= 15 is 0 Å². The van der Waals surface area contributed by atoms with Crippen molar-refractivity contribution in [1.29, 1.82) is 5.26 Å².